The zero-order valence-corrected chi connectivity index (χ0v) is 15.1. The zero-order chi connectivity index (χ0) is 17.6. The monoisotopic (exact) mass is 375 g/mol. The number of hydrogen-bond donors (Lipinski definition) is 1. The first-order chi connectivity index (χ1) is 12.1. The number of carbonyl (C=O) groups excluding carboxylic acids is 2. The molecule has 0 radical (unpaired) electrons. The summed E-state index contributed by atoms with van der Waals surface area (Å²) in [7, 11) is 0. The van der Waals surface area contributed by atoms with Crippen molar-refractivity contribution in [1.29, 1.82) is 0 Å². The number of rotatable bonds is 6. The fraction of sp³-hybridized carbons (Fsp3) is 0.263. The number of benzene rings is 2. The molecule has 0 aromatic heterocycles. The highest BCUT2D eigenvalue weighted by Gasteiger charge is 2.27. The van der Waals surface area contributed by atoms with Crippen LogP contribution in [0.1, 0.15) is 19.3 Å². The molecule has 3 rings (SSSR count). The van der Waals surface area contributed by atoms with E-state index in [4.69, 9.17) is 16.3 Å². The van der Waals surface area contributed by atoms with Crippen molar-refractivity contribution < 1.29 is 14.3 Å². The summed E-state index contributed by atoms with van der Waals surface area (Å²) in [6.07, 6.45) is 2.78. The number of nitrogens with one attached hydrogen (secondary N) is 1. The molecular formula is C19H18ClNO3S. The molecule has 0 heterocycles. The predicted molar refractivity (Wildman–Crippen MR) is 98.9 cm³/mol. The standard InChI is InChI=1S/C19H18ClNO3S/c20-14-8-10-15(11-9-14)25-17-7-2-1-6-16(17)21-18(22)12-24-19(23)13-4-3-5-13/h1-2,6-11,13H,3-5,12H2,(H,21,22). The number of esters is 1. The van der Waals surface area contributed by atoms with Crippen molar-refractivity contribution in [3.8, 4) is 0 Å². The van der Waals surface area contributed by atoms with Gasteiger partial charge in [-0.25, -0.2) is 0 Å². The summed E-state index contributed by atoms with van der Waals surface area (Å²) in [5, 5.41) is 3.49. The first-order valence-electron chi connectivity index (χ1n) is 8.11. The Morgan fingerprint density at radius 1 is 1.12 bits per heavy atom. The maximum atomic E-state index is 12.1. The van der Waals surface area contributed by atoms with Crippen molar-refractivity contribution in [2.45, 2.75) is 29.1 Å². The number of para-hydroxylation sites is 1. The van der Waals surface area contributed by atoms with E-state index in [9.17, 15) is 9.59 Å². The van der Waals surface area contributed by atoms with Crippen LogP contribution in [0.15, 0.2) is 58.3 Å². The molecular weight excluding hydrogens is 358 g/mol. The summed E-state index contributed by atoms with van der Waals surface area (Å²) in [5.41, 5.74) is 0.687. The average molecular weight is 376 g/mol. The third-order valence-electron chi connectivity index (χ3n) is 3.99. The molecule has 1 fully saturated rings. The van der Waals surface area contributed by atoms with Gasteiger partial charge in [0.25, 0.3) is 5.91 Å². The maximum absolute atomic E-state index is 12.1. The SMILES string of the molecule is O=C(COC(=O)C1CCC1)Nc1ccccc1Sc1ccc(Cl)cc1. The van der Waals surface area contributed by atoms with Crippen LogP contribution in [0.5, 0.6) is 0 Å². The van der Waals surface area contributed by atoms with Crippen LogP contribution in [-0.4, -0.2) is 18.5 Å². The topological polar surface area (TPSA) is 55.4 Å². The predicted octanol–water partition coefficient (Wildman–Crippen LogP) is 4.77. The van der Waals surface area contributed by atoms with E-state index >= 15 is 0 Å². The largest absolute Gasteiger partial charge is 0.455 e. The molecule has 0 atom stereocenters. The van der Waals surface area contributed by atoms with Crippen LogP contribution < -0.4 is 5.32 Å². The third kappa shape index (κ3) is 5.00. The Bertz CT molecular complexity index is 760. The van der Waals surface area contributed by atoms with E-state index in [1.54, 1.807) is 0 Å². The zero-order valence-electron chi connectivity index (χ0n) is 13.5. The van der Waals surface area contributed by atoms with Crippen molar-refractivity contribution in [2.75, 3.05) is 11.9 Å². The summed E-state index contributed by atoms with van der Waals surface area (Å²) in [6, 6.07) is 15.0. The second-order valence-electron chi connectivity index (χ2n) is 5.84. The quantitative estimate of drug-likeness (QED) is 0.738. The molecule has 1 N–H and O–H groups in total. The average Bonchev–Trinajstić information content (AvgIpc) is 2.55. The number of anilines is 1. The summed E-state index contributed by atoms with van der Waals surface area (Å²) in [4.78, 5) is 25.7. The fourth-order valence-corrected chi connectivity index (χ4v) is 3.40. The second-order valence-corrected chi connectivity index (χ2v) is 7.39. The molecule has 1 saturated carbocycles. The normalized spacial score (nSPS) is 13.8. The Labute approximate surface area is 155 Å². The Kier molecular flexibility index (Phi) is 6.00. The third-order valence-corrected chi connectivity index (χ3v) is 5.32. The van der Waals surface area contributed by atoms with Crippen LogP contribution in [0, 0.1) is 5.92 Å². The maximum Gasteiger partial charge on any atom is 0.309 e. The van der Waals surface area contributed by atoms with E-state index < -0.39 is 0 Å². The molecule has 6 heteroatoms. The molecule has 25 heavy (non-hydrogen) atoms. The van der Waals surface area contributed by atoms with Crippen LogP contribution in [0.2, 0.25) is 5.02 Å². The number of carbonyl (C=O) groups is 2. The van der Waals surface area contributed by atoms with Crippen molar-refractivity contribution in [3.05, 3.63) is 53.6 Å². The minimum Gasteiger partial charge on any atom is -0.455 e. The molecule has 2 aromatic rings. The van der Waals surface area contributed by atoms with Gasteiger partial charge in [0.15, 0.2) is 6.61 Å². The van der Waals surface area contributed by atoms with Gasteiger partial charge < -0.3 is 10.1 Å². The van der Waals surface area contributed by atoms with Crippen LogP contribution in [0.4, 0.5) is 5.69 Å². The van der Waals surface area contributed by atoms with Gasteiger partial charge in [0.2, 0.25) is 0 Å². The first kappa shape index (κ1) is 17.8. The van der Waals surface area contributed by atoms with Crippen LogP contribution in [-0.2, 0) is 14.3 Å². The van der Waals surface area contributed by atoms with Gasteiger partial charge in [-0.15, -0.1) is 0 Å². The molecule has 0 bridgehead atoms. The molecule has 0 aliphatic heterocycles. The van der Waals surface area contributed by atoms with Crippen LogP contribution in [0.25, 0.3) is 0 Å². The van der Waals surface area contributed by atoms with Crippen LogP contribution >= 0.6 is 23.4 Å². The molecule has 1 aliphatic rings. The van der Waals surface area contributed by atoms with Gasteiger partial charge in [0, 0.05) is 14.8 Å². The second kappa shape index (κ2) is 8.41. The minimum atomic E-state index is -0.336. The van der Waals surface area contributed by atoms with Crippen molar-refractivity contribution in [2.24, 2.45) is 5.92 Å². The highest BCUT2D eigenvalue weighted by atomic mass is 35.5. The number of halogens is 1. The minimum absolute atomic E-state index is 0.0273. The van der Waals surface area contributed by atoms with E-state index in [1.807, 2.05) is 48.5 Å². The number of hydrogen-bond acceptors (Lipinski definition) is 4. The summed E-state index contributed by atoms with van der Waals surface area (Å²) in [6.45, 7) is -0.255. The van der Waals surface area contributed by atoms with Crippen molar-refractivity contribution in [1.82, 2.24) is 0 Å². The Morgan fingerprint density at radius 2 is 1.84 bits per heavy atom. The summed E-state index contributed by atoms with van der Waals surface area (Å²) >= 11 is 7.43. The number of ether oxygens (including phenoxy) is 1. The van der Waals surface area contributed by atoms with Gasteiger partial charge in [-0.3, -0.25) is 9.59 Å². The molecule has 0 spiro atoms. The van der Waals surface area contributed by atoms with E-state index in [2.05, 4.69) is 5.32 Å². The highest BCUT2D eigenvalue weighted by Crippen LogP contribution is 2.34. The Morgan fingerprint density at radius 3 is 2.52 bits per heavy atom. The first-order valence-corrected chi connectivity index (χ1v) is 9.30. The lowest BCUT2D eigenvalue weighted by Gasteiger charge is -2.22. The van der Waals surface area contributed by atoms with Gasteiger partial charge >= 0.3 is 5.97 Å². The molecule has 1 aliphatic carbocycles. The van der Waals surface area contributed by atoms with Gasteiger partial charge in [-0.05, 0) is 49.2 Å². The van der Waals surface area contributed by atoms with E-state index in [0.717, 1.165) is 29.1 Å². The Hall–Kier alpha value is -1.98. The molecule has 2 aromatic carbocycles. The highest BCUT2D eigenvalue weighted by molar-refractivity contribution is 7.99. The lowest BCUT2D eigenvalue weighted by molar-refractivity contribution is -0.154. The smallest absolute Gasteiger partial charge is 0.309 e. The van der Waals surface area contributed by atoms with Crippen molar-refractivity contribution >= 4 is 40.9 Å². The lowest BCUT2D eigenvalue weighted by atomic mass is 9.86. The summed E-state index contributed by atoms with van der Waals surface area (Å²) < 4.78 is 5.08. The molecule has 0 saturated heterocycles. The Balaban J connectivity index is 1.59. The molecule has 130 valence electrons. The van der Waals surface area contributed by atoms with Gasteiger partial charge in [-0.1, -0.05) is 41.9 Å². The molecule has 1 amide bonds. The van der Waals surface area contributed by atoms with E-state index in [0.29, 0.717) is 10.7 Å². The fourth-order valence-electron chi connectivity index (χ4n) is 2.37. The van der Waals surface area contributed by atoms with Crippen LogP contribution in [0.3, 0.4) is 0 Å². The lowest BCUT2D eigenvalue weighted by Crippen LogP contribution is -2.28. The molecule has 4 nitrogen and oxygen atoms in total. The van der Waals surface area contributed by atoms with E-state index in [1.165, 1.54) is 11.8 Å². The number of amides is 1. The van der Waals surface area contributed by atoms with Gasteiger partial charge in [0.1, 0.15) is 0 Å². The summed E-state index contributed by atoms with van der Waals surface area (Å²) in [5.74, 6) is -0.636. The van der Waals surface area contributed by atoms with Gasteiger partial charge in [0.05, 0.1) is 11.6 Å². The van der Waals surface area contributed by atoms with Gasteiger partial charge in [-0.2, -0.15) is 0 Å². The van der Waals surface area contributed by atoms with E-state index in [-0.39, 0.29) is 24.4 Å². The molecule has 0 unspecified atom stereocenters. The van der Waals surface area contributed by atoms with Crippen molar-refractivity contribution in [3.63, 3.8) is 0 Å².